The number of rotatable bonds is 0. The maximum absolute atomic E-state index is 8.25. The van der Waals surface area contributed by atoms with Gasteiger partial charge in [0.1, 0.15) is 0 Å². The molecule has 0 aliphatic carbocycles. The smallest absolute Gasteiger partial charge is 0.0689 e. The molecule has 0 radical (unpaired) electrons. The molecular formula is H2NO4Ru-. The first-order valence-corrected chi connectivity index (χ1v) is 0.548. The summed E-state index contributed by atoms with van der Waals surface area (Å²) in [4.78, 5) is 8.25. The zero-order valence-electron chi connectivity index (χ0n) is 2.53. The monoisotopic (exact) mass is 182 g/mol. The summed E-state index contributed by atoms with van der Waals surface area (Å²) >= 11 is 0. The molecule has 0 fully saturated rings. The molecule has 0 bridgehead atoms. The van der Waals surface area contributed by atoms with Gasteiger partial charge in [0.25, 0.3) is 0 Å². The van der Waals surface area contributed by atoms with Crippen LogP contribution in [-0.4, -0.2) is 10.6 Å². The Morgan fingerprint density at radius 2 is 1.33 bits per heavy atom. The predicted molar refractivity (Wildman–Crippen MR) is 14.0 cm³/mol. The van der Waals surface area contributed by atoms with Gasteiger partial charge in [0.2, 0.25) is 0 Å². The van der Waals surface area contributed by atoms with Gasteiger partial charge in [-0.3, -0.25) is 0 Å². The van der Waals surface area contributed by atoms with Crippen LogP contribution in [-0.2, 0) is 19.5 Å². The fourth-order valence-corrected chi connectivity index (χ4v) is 0. The summed E-state index contributed by atoms with van der Waals surface area (Å²) in [6.07, 6.45) is 0. The second kappa shape index (κ2) is 8.84. The minimum absolute atomic E-state index is 0. The molecule has 5 nitrogen and oxygen atoms in total. The van der Waals surface area contributed by atoms with E-state index in [0.29, 0.717) is 0 Å². The summed E-state index contributed by atoms with van der Waals surface area (Å²) in [6.45, 7) is 0. The summed E-state index contributed by atoms with van der Waals surface area (Å²) in [6, 6.07) is 0. The Kier molecular flexibility index (Phi) is 25.2. The van der Waals surface area contributed by atoms with Crippen LogP contribution >= 0.6 is 0 Å². The van der Waals surface area contributed by atoms with Gasteiger partial charge >= 0.3 is 0 Å². The van der Waals surface area contributed by atoms with E-state index in [1.807, 2.05) is 0 Å². The van der Waals surface area contributed by atoms with Crippen molar-refractivity contribution in [2.75, 3.05) is 0 Å². The first kappa shape index (κ1) is 17.1. The maximum Gasteiger partial charge on any atom is 0.0689 e. The summed E-state index contributed by atoms with van der Waals surface area (Å²) in [5.74, 6) is 0. The Labute approximate surface area is 46.1 Å². The molecule has 0 spiro atoms. The van der Waals surface area contributed by atoms with E-state index >= 15 is 0 Å². The van der Waals surface area contributed by atoms with Crippen molar-refractivity contribution < 1.29 is 30.0 Å². The second-order valence-corrected chi connectivity index (χ2v) is 0.224. The summed E-state index contributed by atoms with van der Waals surface area (Å²) < 4.78 is 0. The van der Waals surface area contributed by atoms with Crippen molar-refractivity contribution >= 4 is 0 Å². The molecule has 0 atom stereocenters. The number of hydrogen-bond acceptors (Lipinski definition) is 3. The van der Waals surface area contributed by atoms with Crippen LogP contribution in [0.1, 0.15) is 0 Å². The van der Waals surface area contributed by atoms with Gasteiger partial charge in [0.05, 0.1) is 5.09 Å². The van der Waals surface area contributed by atoms with E-state index in [1.165, 1.54) is 0 Å². The predicted octanol–water partition coefficient (Wildman–Crippen LogP) is -1.07. The van der Waals surface area contributed by atoms with Gasteiger partial charge in [-0.25, -0.2) is 0 Å². The van der Waals surface area contributed by atoms with E-state index in [0.717, 1.165) is 0 Å². The largest absolute Gasteiger partial charge is 0.412 e. The normalized spacial score (nSPS) is 4.00. The van der Waals surface area contributed by atoms with Crippen molar-refractivity contribution in [1.82, 2.24) is 0 Å². The van der Waals surface area contributed by atoms with Gasteiger partial charge in [-0.15, -0.1) is 0 Å². The Balaban J connectivity index is -0.0000000450. The topological polar surface area (TPSA) is 97.7 Å². The van der Waals surface area contributed by atoms with E-state index in [4.69, 9.17) is 15.3 Å². The minimum atomic E-state index is -1.75. The molecular weight excluding hydrogens is 179 g/mol. The van der Waals surface area contributed by atoms with Crippen molar-refractivity contribution in [1.29, 1.82) is 0 Å². The van der Waals surface area contributed by atoms with E-state index in [-0.39, 0.29) is 25.0 Å². The molecule has 6 heavy (non-hydrogen) atoms. The zero-order chi connectivity index (χ0) is 3.58. The second-order valence-electron chi connectivity index (χ2n) is 0.224. The van der Waals surface area contributed by atoms with Crippen molar-refractivity contribution in [2.45, 2.75) is 0 Å². The van der Waals surface area contributed by atoms with Crippen LogP contribution in [0.25, 0.3) is 0 Å². The molecule has 0 amide bonds. The van der Waals surface area contributed by atoms with Crippen LogP contribution in [0.4, 0.5) is 0 Å². The molecule has 2 N–H and O–H groups in total. The molecule has 40 valence electrons. The van der Waals surface area contributed by atoms with Gasteiger partial charge in [-0.05, 0) is 0 Å². The van der Waals surface area contributed by atoms with E-state index in [1.54, 1.807) is 0 Å². The number of hydrogen-bond donors (Lipinski definition) is 0. The molecule has 0 unspecified atom stereocenters. The quantitative estimate of drug-likeness (QED) is 0.270. The SMILES string of the molecule is O.O=[N+]([O-])[O-].[Ru]. The fourth-order valence-electron chi connectivity index (χ4n) is 0. The molecule has 0 aromatic heterocycles. The third-order valence-corrected chi connectivity index (χ3v) is 0. The third-order valence-electron chi connectivity index (χ3n) is 0. The molecule has 0 heterocycles. The van der Waals surface area contributed by atoms with Crippen molar-refractivity contribution in [3.8, 4) is 0 Å². The van der Waals surface area contributed by atoms with E-state index in [9.17, 15) is 0 Å². The van der Waals surface area contributed by atoms with Crippen molar-refractivity contribution in [3.63, 3.8) is 0 Å². The van der Waals surface area contributed by atoms with Gasteiger partial charge < -0.3 is 20.8 Å². The molecule has 0 aromatic carbocycles. The van der Waals surface area contributed by atoms with Crippen LogP contribution in [0.5, 0.6) is 0 Å². The average Bonchev–Trinajstić information content (AvgIpc) is 0.811. The molecule has 0 saturated heterocycles. The van der Waals surface area contributed by atoms with Crippen LogP contribution < -0.4 is 0 Å². The van der Waals surface area contributed by atoms with Crippen molar-refractivity contribution in [2.24, 2.45) is 0 Å². The summed E-state index contributed by atoms with van der Waals surface area (Å²) in [5, 5.41) is 14.8. The molecule has 0 saturated carbocycles. The van der Waals surface area contributed by atoms with Gasteiger partial charge in [-0.1, -0.05) is 0 Å². The molecule has 0 rings (SSSR count). The summed E-state index contributed by atoms with van der Waals surface area (Å²) in [7, 11) is 0. The molecule has 0 aliphatic rings. The molecule has 6 heteroatoms. The minimum Gasteiger partial charge on any atom is -0.412 e. The molecule has 0 aliphatic heterocycles. The third kappa shape index (κ3) is 625. The Hall–Kier alpha value is -0.217. The summed E-state index contributed by atoms with van der Waals surface area (Å²) in [5.41, 5.74) is 0. The number of nitrogens with zero attached hydrogens (tertiary/aromatic N) is 1. The van der Waals surface area contributed by atoms with Gasteiger partial charge in [0.15, 0.2) is 0 Å². The van der Waals surface area contributed by atoms with E-state index in [2.05, 4.69) is 0 Å². The van der Waals surface area contributed by atoms with E-state index < -0.39 is 5.09 Å². The van der Waals surface area contributed by atoms with Crippen LogP contribution in [0.15, 0.2) is 0 Å². The first-order chi connectivity index (χ1) is 1.73. The fraction of sp³-hybridized carbons (Fsp3) is 0. The van der Waals surface area contributed by atoms with Crippen LogP contribution in [0, 0.1) is 15.3 Å². The average molecular weight is 181 g/mol. The van der Waals surface area contributed by atoms with Crippen LogP contribution in [0.3, 0.4) is 0 Å². The van der Waals surface area contributed by atoms with Crippen LogP contribution in [0.2, 0.25) is 0 Å². The Morgan fingerprint density at radius 3 is 1.33 bits per heavy atom. The van der Waals surface area contributed by atoms with Crippen molar-refractivity contribution in [3.05, 3.63) is 15.3 Å². The van der Waals surface area contributed by atoms with Gasteiger partial charge in [-0.2, -0.15) is 0 Å². The zero-order valence-corrected chi connectivity index (χ0v) is 4.26. The van der Waals surface area contributed by atoms with Gasteiger partial charge in [0, 0.05) is 19.5 Å². The first-order valence-electron chi connectivity index (χ1n) is 0.548. The Morgan fingerprint density at radius 1 is 1.33 bits per heavy atom. The standard InChI is InChI=1S/NO3.H2O.Ru/c2-1(3)4;;/h;1H2;/q-1;;. The molecule has 0 aromatic rings. The Bertz CT molecular complexity index is 30.5. The maximum atomic E-state index is 8.25.